The first-order chi connectivity index (χ1) is 13.9. The number of alkyl halides is 1. The van der Waals surface area contributed by atoms with Gasteiger partial charge in [-0.25, -0.2) is 4.79 Å². The molecule has 2 aromatic rings. The lowest BCUT2D eigenvalue weighted by molar-refractivity contribution is -0.171. The molecular formula is C24H25ClO4. The van der Waals surface area contributed by atoms with Gasteiger partial charge in [-0.3, -0.25) is 4.79 Å². The van der Waals surface area contributed by atoms with Gasteiger partial charge in [-0.1, -0.05) is 0 Å². The Kier molecular flexibility index (Phi) is 3.79. The molecule has 0 saturated heterocycles. The van der Waals surface area contributed by atoms with Crippen LogP contribution in [0.5, 0.6) is 0 Å². The Morgan fingerprint density at radius 3 is 2.55 bits per heavy atom. The molecule has 4 fully saturated rings. The van der Waals surface area contributed by atoms with Crippen molar-refractivity contribution >= 4 is 28.5 Å². The van der Waals surface area contributed by atoms with Crippen LogP contribution >= 0.6 is 11.6 Å². The smallest absolute Gasteiger partial charge is 0.336 e. The van der Waals surface area contributed by atoms with E-state index in [1.807, 2.05) is 6.07 Å². The van der Waals surface area contributed by atoms with Gasteiger partial charge in [0.2, 0.25) is 0 Å². The molecule has 0 amide bonds. The topological polar surface area (TPSA) is 56.5 Å². The van der Waals surface area contributed by atoms with E-state index in [2.05, 4.69) is 6.07 Å². The van der Waals surface area contributed by atoms with E-state index in [1.165, 1.54) is 23.6 Å². The van der Waals surface area contributed by atoms with Crippen LogP contribution in [-0.2, 0) is 29.0 Å². The molecule has 5 aliphatic rings. The Morgan fingerprint density at radius 1 is 1.10 bits per heavy atom. The molecule has 5 aliphatic carbocycles. The number of aryl methyl sites for hydroxylation is 2. The molecule has 2 unspecified atom stereocenters. The molecule has 0 aliphatic heterocycles. The fourth-order valence-corrected chi connectivity index (χ4v) is 7.79. The van der Waals surface area contributed by atoms with Crippen LogP contribution in [0.25, 0.3) is 11.0 Å². The number of hydrogen-bond donors (Lipinski definition) is 0. The Morgan fingerprint density at radius 2 is 1.83 bits per heavy atom. The minimum atomic E-state index is -0.428. The monoisotopic (exact) mass is 412 g/mol. The highest BCUT2D eigenvalue weighted by Gasteiger charge is 2.60. The molecule has 0 radical (unpaired) electrons. The predicted octanol–water partition coefficient (Wildman–Crippen LogP) is 4.90. The van der Waals surface area contributed by atoms with E-state index in [9.17, 15) is 9.59 Å². The van der Waals surface area contributed by atoms with Crippen molar-refractivity contribution in [3.05, 3.63) is 45.3 Å². The molecule has 4 bridgehead atoms. The van der Waals surface area contributed by atoms with Crippen LogP contribution in [0, 0.1) is 17.3 Å². The maximum atomic E-state index is 13.2. The Balaban J connectivity index is 1.29. The first-order valence-corrected chi connectivity index (χ1v) is 11.2. The van der Waals surface area contributed by atoms with Gasteiger partial charge < -0.3 is 9.15 Å². The van der Waals surface area contributed by atoms with Gasteiger partial charge in [0.15, 0.2) is 0 Å². The number of benzene rings is 1. The molecule has 29 heavy (non-hydrogen) atoms. The Bertz CT molecular complexity index is 1070. The van der Waals surface area contributed by atoms with Crippen molar-refractivity contribution < 1.29 is 13.9 Å². The fraction of sp³-hybridized carbons (Fsp3) is 0.583. The molecule has 4 nitrogen and oxygen atoms in total. The van der Waals surface area contributed by atoms with E-state index in [4.69, 9.17) is 20.8 Å². The lowest BCUT2D eigenvalue weighted by Gasteiger charge is -2.58. The maximum absolute atomic E-state index is 13.2. The molecule has 1 aromatic heterocycles. The average Bonchev–Trinajstić information content (AvgIpc) is 3.09. The third-order valence-corrected chi connectivity index (χ3v) is 8.27. The SMILES string of the molecule is O=C(OCc1cc(=O)oc2cc3c(cc12)CCC3)C12C[C@@H]3C[C@@H](CC(Cl)(C3)C1)C2. The zero-order chi connectivity index (χ0) is 19.8. The summed E-state index contributed by atoms with van der Waals surface area (Å²) in [6, 6.07) is 5.57. The summed E-state index contributed by atoms with van der Waals surface area (Å²) in [5.41, 5.74) is 3.08. The van der Waals surface area contributed by atoms with Crippen LogP contribution in [0.3, 0.4) is 0 Å². The highest BCUT2D eigenvalue weighted by atomic mass is 35.5. The lowest BCUT2D eigenvalue weighted by atomic mass is 9.49. The predicted molar refractivity (Wildman–Crippen MR) is 110 cm³/mol. The first-order valence-electron chi connectivity index (χ1n) is 10.9. The minimum Gasteiger partial charge on any atom is -0.460 e. The van der Waals surface area contributed by atoms with Gasteiger partial charge in [-0.15, -0.1) is 11.6 Å². The van der Waals surface area contributed by atoms with Gasteiger partial charge in [0.1, 0.15) is 12.2 Å². The summed E-state index contributed by atoms with van der Waals surface area (Å²) in [7, 11) is 0. The third kappa shape index (κ3) is 2.86. The molecule has 0 N–H and O–H groups in total. The molecule has 5 heteroatoms. The number of halogens is 1. The van der Waals surface area contributed by atoms with E-state index in [1.54, 1.807) is 0 Å². The van der Waals surface area contributed by atoms with Crippen molar-refractivity contribution in [3.8, 4) is 0 Å². The summed E-state index contributed by atoms with van der Waals surface area (Å²) in [5, 5.41) is 0.886. The number of esters is 1. The quantitative estimate of drug-likeness (QED) is 0.408. The van der Waals surface area contributed by atoms with Crippen LogP contribution in [0.15, 0.2) is 27.4 Å². The number of carbonyl (C=O) groups excluding carboxylic acids is 1. The number of ether oxygens (including phenoxy) is 1. The van der Waals surface area contributed by atoms with Crippen LogP contribution in [0.1, 0.15) is 61.6 Å². The van der Waals surface area contributed by atoms with Gasteiger partial charge in [-0.05, 0) is 92.9 Å². The highest BCUT2D eigenvalue weighted by molar-refractivity contribution is 6.24. The normalized spacial score (nSPS) is 34.5. The van der Waals surface area contributed by atoms with Crippen molar-refractivity contribution in [3.63, 3.8) is 0 Å². The highest BCUT2D eigenvalue weighted by Crippen LogP contribution is 2.64. The van der Waals surface area contributed by atoms with Crippen LogP contribution in [0.4, 0.5) is 0 Å². The number of fused-ring (bicyclic) bond motifs is 2. The van der Waals surface area contributed by atoms with Crippen molar-refractivity contribution in [2.45, 2.75) is 69.3 Å². The second-order valence-electron chi connectivity index (χ2n) is 10.0. The standard InChI is InChI=1S/C24H25ClO4/c25-24-10-14-4-15(11-24)9-23(8-14,13-24)22(27)28-12-18-7-21(26)29-20-6-17-3-1-2-16(17)5-19(18)20/h5-7,14-15H,1-4,8-13H2/t14-,15+,23?,24?. The molecule has 1 aromatic carbocycles. The zero-order valence-electron chi connectivity index (χ0n) is 16.5. The summed E-state index contributed by atoms with van der Waals surface area (Å²) >= 11 is 6.87. The molecule has 4 saturated carbocycles. The summed E-state index contributed by atoms with van der Waals surface area (Å²) < 4.78 is 11.3. The summed E-state index contributed by atoms with van der Waals surface area (Å²) in [6.45, 7) is 0.117. The van der Waals surface area contributed by atoms with E-state index in [-0.39, 0.29) is 17.5 Å². The number of carbonyl (C=O) groups is 1. The number of rotatable bonds is 3. The van der Waals surface area contributed by atoms with Gasteiger partial charge >= 0.3 is 11.6 Å². The first kappa shape index (κ1) is 18.0. The van der Waals surface area contributed by atoms with Crippen molar-refractivity contribution in [2.24, 2.45) is 17.3 Å². The van der Waals surface area contributed by atoms with Crippen LogP contribution in [-0.4, -0.2) is 10.8 Å². The molecule has 7 rings (SSSR count). The van der Waals surface area contributed by atoms with E-state index < -0.39 is 11.0 Å². The third-order valence-electron chi connectivity index (χ3n) is 7.82. The average molecular weight is 413 g/mol. The van der Waals surface area contributed by atoms with Crippen molar-refractivity contribution in [1.82, 2.24) is 0 Å². The largest absolute Gasteiger partial charge is 0.460 e. The summed E-state index contributed by atoms with van der Waals surface area (Å²) in [4.78, 5) is 25.1. The second kappa shape index (κ2) is 6.10. The van der Waals surface area contributed by atoms with Crippen molar-refractivity contribution in [2.75, 3.05) is 0 Å². The molecule has 1 heterocycles. The van der Waals surface area contributed by atoms with Crippen molar-refractivity contribution in [1.29, 1.82) is 0 Å². The van der Waals surface area contributed by atoms with Crippen LogP contribution in [0.2, 0.25) is 0 Å². The fourth-order valence-electron chi connectivity index (χ4n) is 7.10. The molecule has 152 valence electrons. The Labute approximate surface area is 174 Å². The van der Waals surface area contributed by atoms with Crippen LogP contribution < -0.4 is 5.63 Å². The molecule has 0 spiro atoms. The summed E-state index contributed by atoms with van der Waals surface area (Å²) in [5.74, 6) is 0.973. The Hall–Kier alpha value is -1.81. The molecule has 4 atom stereocenters. The zero-order valence-corrected chi connectivity index (χ0v) is 17.2. The summed E-state index contributed by atoms with van der Waals surface area (Å²) in [6.07, 6.45) is 9.03. The molecular weight excluding hydrogens is 388 g/mol. The minimum absolute atomic E-state index is 0.117. The van der Waals surface area contributed by atoms with Gasteiger partial charge in [0.05, 0.1) is 5.41 Å². The maximum Gasteiger partial charge on any atom is 0.336 e. The lowest BCUT2D eigenvalue weighted by Crippen LogP contribution is -2.56. The van der Waals surface area contributed by atoms with Gasteiger partial charge in [-0.2, -0.15) is 0 Å². The van der Waals surface area contributed by atoms with E-state index in [0.717, 1.165) is 62.3 Å². The van der Waals surface area contributed by atoms with Gasteiger partial charge in [0.25, 0.3) is 0 Å². The van der Waals surface area contributed by atoms with E-state index in [0.29, 0.717) is 17.4 Å². The van der Waals surface area contributed by atoms with Gasteiger partial charge in [0, 0.05) is 21.9 Å². The second-order valence-corrected chi connectivity index (χ2v) is 10.8. The van der Waals surface area contributed by atoms with E-state index >= 15 is 0 Å². The number of hydrogen-bond acceptors (Lipinski definition) is 4.